The van der Waals surface area contributed by atoms with Gasteiger partial charge in [-0.2, -0.15) is 8.75 Å². The number of methoxy groups -OCH3 is 1. The van der Waals surface area contributed by atoms with Crippen LogP contribution in [0.3, 0.4) is 0 Å². The zero-order chi connectivity index (χ0) is 15.5. The number of carboxylic acid groups (broad SMARTS) is 1. The molecule has 0 atom stereocenters. The van der Waals surface area contributed by atoms with E-state index in [2.05, 4.69) is 8.75 Å². The molecule has 0 bridgehead atoms. The smallest absolute Gasteiger partial charge is 0.341 e. The standard InChI is InChI=1S/C15H12N2O4S/c1-20-11-6-3-7-12(21-8-13(18)19)14(11)9-4-2-5-10-15(9)17-22-16-10/h2-7H,8H2,1H3,(H,18,19). The maximum absolute atomic E-state index is 10.8. The fourth-order valence-electron chi connectivity index (χ4n) is 2.21. The molecule has 1 heterocycles. The summed E-state index contributed by atoms with van der Waals surface area (Å²) >= 11 is 1.12. The molecule has 1 aromatic heterocycles. The van der Waals surface area contributed by atoms with Crippen molar-refractivity contribution in [2.75, 3.05) is 13.7 Å². The SMILES string of the molecule is COc1cccc(OCC(=O)O)c1-c1cccc2nsnc12. The van der Waals surface area contributed by atoms with E-state index >= 15 is 0 Å². The quantitative estimate of drug-likeness (QED) is 0.779. The van der Waals surface area contributed by atoms with Crippen molar-refractivity contribution in [3.05, 3.63) is 36.4 Å². The lowest BCUT2D eigenvalue weighted by atomic mass is 10.0. The number of hydrogen-bond acceptors (Lipinski definition) is 6. The van der Waals surface area contributed by atoms with Crippen LogP contribution in [0.5, 0.6) is 11.5 Å². The Kier molecular flexibility index (Phi) is 3.88. The topological polar surface area (TPSA) is 81.5 Å². The van der Waals surface area contributed by atoms with Gasteiger partial charge < -0.3 is 14.6 Å². The van der Waals surface area contributed by atoms with Gasteiger partial charge >= 0.3 is 5.97 Å². The highest BCUT2D eigenvalue weighted by molar-refractivity contribution is 7.00. The summed E-state index contributed by atoms with van der Waals surface area (Å²) in [5.74, 6) is -0.0204. The number of fused-ring (bicyclic) bond motifs is 1. The highest BCUT2D eigenvalue weighted by atomic mass is 32.1. The first-order valence-corrected chi connectivity index (χ1v) is 7.17. The van der Waals surface area contributed by atoms with Crippen molar-refractivity contribution in [3.63, 3.8) is 0 Å². The van der Waals surface area contributed by atoms with Crippen LogP contribution >= 0.6 is 11.7 Å². The fourth-order valence-corrected chi connectivity index (χ4v) is 2.76. The van der Waals surface area contributed by atoms with E-state index in [1.54, 1.807) is 25.3 Å². The van der Waals surface area contributed by atoms with Gasteiger partial charge in [0.05, 0.1) is 24.4 Å². The largest absolute Gasteiger partial charge is 0.496 e. The van der Waals surface area contributed by atoms with E-state index < -0.39 is 12.6 Å². The maximum Gasteiger partial charge on any atom is 0.341 e. The number of carbonyl (C=O) groups is 1. The number of rotatable bonds is 5. The Morgan fingerprint density at radius 2 is 1.95 bits per heavy atom. The number of aliphatic carboxylic acids is 1. The van der Waals surface area contributed by atoms with E-state index in [9.17, 15) is 4.79 Å². The van der Waals surface area contributed by atoms with Crippen LogP contribution in [0.25, 0.3) is 22.2 Å². The highest BCUT2D eigenvalue weighted by Gasteiger charge is 2.17. The van der Waals surface area contributed by atoms with Gasteiger partial charge in [-0.3, -0.25) is 0 Å². The molecule has 0 saturated carbocycles. The molecular weight excluding hydrogens is 304 g/mol. The molecule has 0 aliphatic carbocycles. The number of aromatic nitrogens is 2. The third-order valence-electron chi connectivity index (χ3n) is 3.11. The second kappa shape index (κ2) is 5.98. The summed E-state index contributed by atoms with van der Waals surface area (Å²) in [6.45, 7) is -0.425. The van der Waals surface area contributed by atoms with Crippen LogP contribution in [-0.4, -0.2) is 33.5 Å². The van der Waals surface area contributed by atoms with Crippen LogP contribution in [-0.2, 0) is 4.79 Å². The Morgan fingerprint density at radius 3 is 2.73 bits per heavy atom. The number of ether oxygens (including phenoxy) is 2. The van der Waals surface area contributed by atoms with Crippen molar-refractivity contribution >= 4 is 28.7 Å². The number of hydrogen-bond donors (Lipinski definition) is 1. The van der Waals surface area contributed by atoms with Gasteiger partial charge in [-0.05, 0) is 18.2 Å². The summed E-state index contributed by atoms with van der Waals surface area (Å²) in [5, 5.41) is 8.82. The predicted octanol–water partition coefficient (Wildman–Crippen LogP) is 2.83. The minimum Gasteiger partial charge on any atom is -0.496 e. The van der Waals surface area contributed by atoms with Crippen LogP contribution in [0, 0.1) is 0 Å². The van der Waals surface area contributed by atoms with Gasteiger partial charge in [-0.1, -0.05) is 18.2 Å². The highest BCUT2D eigenvalue weighted by Crippen LogP contribution is 2.41. The first-order valence-electron chi connectivity index (χ1n) is 6.44. The van der Waals surface area contributed by atoms with Crippen LogP contribution in [0.4, 0.5) is 0 Å². The molecule has 0 amide bonds. The lowest BCUT2D eigenvalue weighted by Gasteiger charge is -2.14. The van der Waals surface area contributed by atoms with Crippen LogP contribution in [0.2, 0.25) is 0 Å². The Hall–Kier alpha value is -2.67. The summed E-state index contributed by atoms with van der Waals surface area (Å²) in [6, 6.07) is 10.9. The average Bonchev–Trinajstić information content (AvgIpc) is 3.01. The van der Waals surface area contributed by atoms with Crippen molar-refractivity contribution < 1.29 is 19.4 Å². The van der Waals surface area contributed by atoms with Gasteiger partial charge in [0.2, 0.25) is 0 Å². The minimum atomic E-state index is -1.04. The molecule has 1 N–H and O–H groups in total. The van der Waals surface area contributed by atoms with E-state index in [-0.39, 0.29) is 0 Å². The van der Waals surface area contributed by atoms with Crippen molar-refractivity contribution in [2.45, 2.75) is 0 Å². The van der Waals surface area contributed by atoms with E-state index in [0.717, 1.165) is 28.3 Å². The van der Waals surface area contributed by atoms with Gasteiger partial charge in [0.1, 0.15) is 22.5 Å². The molecule has 0 aliphatic rings. The molecule has 0 aliphatic heterocycles. The van der Waals surface area contributed by atoms with Gasteiger partial charge in [-0.15, -0.1) is 0 Å². The first kappa shape index (κ1) is 14.3. The normalized spacial score (nSPS) is 10.6. The third kappa shape index (κ3) is 2.58. The second-order valence-corrected chi connectivity index (χ2v) is 4.98. The summed E-state index contributed by atoms with van der Waals surface area (Å²) in [4.78, 5) is 10.8. The van der Waals surface area contributed by atoms with Gasteiger partial charge in [0.15, 0.2) is 6.61 Å². The zero-order valence-corrected chi connectivity index (χ0v) is 12.5. The molecule has 3 aromatic rings. The van der Waals surface area contributed by atoms with Gasteiger partial charge in [-0.25, -0.2) is 4.79 Å². The van der Waals surface area contributed by atoms with Gasteiger partial charge in [0, 0.05) is 5.56 Å². The Balaban J connectivity index is 2.19. The fraction of sp³-hybridized carbons (Fsp3) is 0.133. The Bertz CT molecular complexity index is 831. The molecular formula is C15H12N2O4S. The summed E-state index contributed by atoms with van der Waals surface area (Å²) < 4.78 is 19.3. The molecule has 2 aromatic carbocycles. The summed E-state index contributed by atoms with van der Waals surface area (Å²) in [7, 11) is 1.55. The van der Waals surface area contributed by atoms with E-state index in [1.807, 2.05) is 18.2 Å². The third-order valence-corrected chi connectivity index (χ3v) is 3.66. The molecule has 3 rings (SSSR count). The molecule has 6 nitrogen and oxygen atoms in total. The lowest BCUT2D eigenvalue weighted by molar-refractivity contribution is -0.139. The maximum atomic E-state index is 10.8. The van der Waals surface area contributed by atoms with E-state index in [4.69, 9.17) is 14.6 Å². The van der Waals surface area contributed by atoms with Crippen molar-refractivity contribution in [1.29, 1.82) is 0 Å². The molecule has 7 heteroatoms. The lowest BCUT2D eigenvalue weighted by Crippen LogP contribution is -2.10. The molecule has 0 saturated heterocycles. The zero-order valence-electron chi connectivity index (χ0n) is 11.6. The van der Waals surface area contributed by atoms with E-state index in [0.29, 0.717) is 17.1 Å². The molecule has 0 radical (unpaired) electrons. The first-order chi connectivity index (χ1) is 10.7. The minimum absolute atomic E-state index is 0.425. The number of carboxylic acids is 1. The molecule has 0 unspecified atom stereocenters. The number of nitrogens with zero attached hydrogens (tertiary/aromatic N) is 2. The Labute approximate surface area is 130 Å². The van der Waals surface area contributed by atoms with Crippen molar-refractivity contribution in [2.24, 2.45) is 0 Å². The summed E-state index contributed by atoms with van der Waals surface area (Å²) in [5.41, 5.74) is 2.98. The second-order valence-electron chi connectivity index (χ2n) is 4.45. The van der Waals surface area contributed by atoms with Crippen LogP contribution in [0.1, 0.15) is 0 Å². The van der Waals surface area contributed by atoms with Crippen LogP contribution in [0.15, 0.2) is 36.4 Å². The molecule has 0 spiro atoms. The van der Waals surface area contributed by atoms with Crippen LogP contribution < -0.4 is 9.47 Å². The molecule has 22 heavy (non-hydrogen) atoms. The van der Waals surface area contributed by atoms with Crippen molar-refractivity contribution in [1.82, 2.24) is 8.75 Å². The Morgan fingerprint density at radius 1 is 1.18 bits per heavy atom. The van der Waals surface area contributed by atoms with E-state index in [1.165, 1.54) is 0 Å². The van der Waals surface area contributed by atoms with Gasteiger partial charge in [0.25, 0.3) is 0 Å². The summed E-state index contributed by atoms with van der Waals surface area (Å²) in [6.07, 6.45) is 0. The van der Waals surface area contributed by atoms with Crippen molar-refractivity contribution in [3.8, 4) is 22.6 Å². The monoisotopic (exact) mass is 316 g/mol. The predicted molar refractivity (Wildman–Crippen MR) is 82.5 cm³/mol. The molecule has 112 valence electrons. The average molecular weight is 316 g/mol. The molecule has 0 fully saturated rings. The number of benzene rings is 2.